The first kappa shape index (κ1) is 21.6. The number of nitrogens with zero attached hydrogens (tertiary/aromatic N) is 5. The molecule has 0 aliphatic carbocycles. The molecule has 2 aromatic heterocycles. The molecule has 0 spiro atoms. The van der Waals surface area contributed by atoms with E-state index < -0.39 is 12.1 Å². The van der Waals surface area contributed by atoms with Crippen molar-refractivity contribution in [2.24, 2.45) is 5.73 Å². The fraction of sp³-hybridized carbons (Fsp3) is 0.500. The molecule has 2 aromatic rings. The topological polar surface area (TPSA) is 117 Å². The minimum absolute atomic E-state index is 0.00880. The fourth-order valence-electron chi connectivity index (χ4n) is 2.62. The molecule has 0 radical (unpaired) electrons. The van der Waals surface area contributed by atoms with Gasteiger partial charge in [-0.2, -0.15) is 18.3 Å². The summed E-state index contributed by atoms with van der Waals surface area (Å²) in [5.74, 6) is -2.77. The summed E-state index contributed by atoms with van der Waals surface area (Å²) in [6.45, 7) is 6.69. The first-order valence-electron chi connectivity index (χ1n) is 8.46. The van der Waals surface area contributed by atoms with Gasteiger partial charge < -0.3 is 15.7 Å². The highest BCUT2D eigenvalue weighted by molar-refractivity contribution is 5.92. The number of carbonyl (C=O) groups excluding carboxylic acids is 1. The highest BCUT2D eigenvalue weighted by Crippen LogP contribution is 2.13. The van der Waals surface area contributed by atoms with Crippen molar-refractivity contribution in [1.29, 1.82) is 0 Å². The van der Waals surface area contributed by atoms with Crippen LogP contribution in [0.2, 0.25) is 0 Å². The van der Waals surface area contributed by atoms with Crippen LogP contribution in [0.15, 0.2) is 18.5 Å². The molecular formula is C16H21F3N6O3. The second-order valence-corrected chi connectivity index (χ2v) is 6.13. The van der Waals surface area contributed by atoms with Gasteiger partial charge in [0, 0.05) is 51.0 Å². The number of amides is 1. The molecule has 0 saturated carbocycles. The van der Waals surface area contributed by atoms with Gasteiger partial charge in [0.25, 0.3) is 5.91 Å². The van der Waals surface area contributed by atoms with E-state index in [1.54, 1.807) is 23.0 Å². The number of fused-ring (bicyclic) bond motifs is 1. The predicted octanol–water partition coefficient (Wildman–Crippen LogP) is 0.388. The number of nitrogens with two attached hydrogens (primary N) is 1. The predicted molar refractivity (Wildman–Crippen MR) is 92.8 cm³/mol. The number of carboxylic acids is 1. The van der Waals surface area contributed by atoms with Crippen molar-refractivity contribution in [3.63, 3.8) is 0 Å². The molecule has 0 aromatic carbocycles. The van der Waals surface area contributed by atoms with E-state index in [2.05, 4.69) is 15.0 Å². The highest BCUT2D eigenvalue weighted by atomic mass is 19.4. The smallest absolute Gasteiger partial charge is 0.475 e. The van der Waals surface area contributed by atoms with Crippen LogP contribution in [0.1, 0.15) is 16.1 Å². The van der Waals surface area contributed by atoms with Crippen molar-refractivity contribution >= 4 is 17.5 Å². The molecule has 1 amide bonds. The zero-order chi connectivity index (χ0) is 20.9. The van der Waals surface area contributed by atoms with Crippen LogP contribution < -0.4 is 5.73 Å². The van der Waals surface area contributed by atoms with Crippen LogP contribution in [0.5, 0.6) is 0 Å². The molecule has 0 atom stereocenters. The number of hydrogen-bond donors (Lipinski definition) is 2. The van der Waals surface area contributed by atoms with Crippen LogP contribution >= 0.6 is 0 Å². The number of aliphatic carboxylic acids is 1. The number of carbonyl (C=O) groups is 2. The quantitative estimate of drug-likeness (QED) is 0.763. The van der Waals surface area contributed by atoms with Crippen LogP contribution in [0.3, 0.4) is 0 Å². The first-order valence-corrected chi connectivity index (χ1v) is 8.46. The summed E-state index contributed by atoms with van der Waals surface area (Å²) >= 11 is 0. The van der Waals surface area contributed by atoms with Crippen LogP contribution in [0, 0.1) is 6.92 Å². The van der Waals surface area contributed by atoms with Gasteiger partial charge in [-0.15, -0.1) is 0 Å². The summed E-state index contributed by atoms with van der Waals surface area (Å²) in [4.78, 5) is 30.0. The van der Waals surface area contributed by atoms with Gasteiger partial charge in [0.15, 0.2) is 5.65 Å². The van der Waals surface area contributed by atoms with E-state index in [0.717, 1.165) is 43.9 Å². The summed E-state index contributed by atoms with van der Waals surface area (Å²) in [5.41, 5.74) is 7.75. The Bertz CT molecular complexity index is 831. The van der Waals surface area contributed by atoms with Gasteiger partial charge in [0.2, 0.25) is 0 Å². The lowest BCUT2D eigenvalue weighted by molar-refractivity contribution is -0.192. The van der Waals surface area contributed by atoms with Gasteiger partial charge in [-0.05, 0) is 13.0 Å². The van der Waals surface area contributed by atoms with Crippen molar-refractivity contribution in [2.45, 2.75) is 13.1 Å². The Hall–Kier alpha value is -2.73. The maximum absolute atomic E-state index is 12.5. The molecule has 9 nitrogen and oxygen atoms in total. The molecule has 3 heterocycles. The van der Waals surface area contributed by atoms with Crippen LogP contribution in [-0.4, -0.2) is 86.8 Å². The standard InChI is InChI=1S/C14H20N6O.C2HF3O2/c1-11-10-16-20-4-2-12(17-13(11)20)14(21)19-8-6-18(5-3-15)7-9-19;3-2(4,5)1(6)7/h2,4,10H,3,5-9,15H2,1H3;(H,6,7). The number of rotatable bonds is 3. The van der Waals surface area contributed by atoms with Crippen LogP contribution in [0.25, 0.3) is 5.65 Å². The Morgan fingerprint density at radius 3 is 2.39 bits per heavy atom. The third-order valence-corrected chi connectivity index (χ3v) is 4.11. The van der Waals surface area contributed by atoms with Crippen LogP contribution in [-0.2, 0) is 4.79 Å². The van der Waals surface area contributed by atoms with Crippen molar-refractivity contribution in [2.75, 3.05) is 39.3 Å². The second-order valence-electron chi connectivity index (χ2n) is 6.13. The molecule has 1 fully saturated rings. The van der Waals surface area contributed by atoms with Gasteiger partial charge in [0.05, 0.1) is 6.20 Å². The summed E-state index contributed by atoms with van der Waals surface area (Å²) in [6, 6.07) is 1.73. The van der Waals surface area contributed by atoms with Gasteiger partial charge >= 0.3 is 12.1 Å². The molecule has 3 rings (SSSR count). The number of aryl methyl sites for hydroxylation is 1. The highest BCUT2D eigenvalue weighted by Gasteiger charge is 2.38. The third-order valence-electron chi connectivity index (χ3n) is 4.11. The number of halogens is 3. The SMILES string of the molecule is Cc1cnn2ccc(C(=O)N3CCN(CCN)CC3)nc12.O=C(O)C(F)(F)F. The van der Waals surface area contributed by atoms with E-state index in [1.807, 2.05) is 11.8 Å². The van der Waals surface area contributed by atoms with Gasteiger partial charge in [-0.1, -0.05) is 0 Å². The second kappa shape index (κ2) is 8.97. The molecular weight excluding hydrogens is 381 g/mol. The Morgan fingerprint density at radius 2 is 1.86 bits per heavy atom. The summed E-state index contributed by atoms with van der Waals surface area (Å²) in [7, 11) is 0. The van der Waals surface area contributed by atoms with E-state index in [9.17, 15) is 18.0 Å². The molecule has 1 saturated heterocycles. The summed E-state index contributed by atoms with van der Waals surface area (Å²) < 4.78 is 33.4. The minimum atomic E-state index is -5.08. The zero-order valence-corrected chi connectivity index (χ0v) is 15.2. The Kier molecular flexibility index (Phi) is 6.91. The van der Waals surface area contributed by atoms with Gasteiger partial charge in [-0.25, -0.2) is 14.3 Å². The van der Waals surface area contributed by atoms with Gasteiger partial charge in [-0.3, -0.25) is 9.69 Å². The fourth-order valence-corrected chi connectivity index (χ4v) is 2.62. The molecule has 154 valence electrons. The third kappa shape index (κ3) is 5.39. The lowest BCUT2D eigenvalue weighted by Gasteiger charge is -2.34. The Balaban J connectivity index is 0.000000345. The van der Waals surface area contributed by atoms with Crippen molar-refractivity contribution in [1.82, 2.24) is 24.4 Å². The molecule has 1 aliphatic heterocycles. The number of piperazine rings is 1. The summed E-state index contributed by atoms with van der Waals surface area (Å²) in [6.07, 6.45) is -1.55. The lowest BCUT2D eigenvalue weighted by atomic mass is 10.2. The molecule has 28 heavy (non-hydrogen) atoms. The number of aromatic nitrogens is 3. The zero-order valence-electron chi connectivity index (χ0n) is 15.2. The number of hydrogen-bond acceptors (Lipinski definition) is 6. The molecule has 3 N–H and O–H groups in total. The average Bonchev–Trinajstić information content (AvgIpc) is 3.02. The molecule has 1 aliphatic rings. The van der Waals surface area contributed by atoms with Crippen molar-refractivity contribution in [3.8, 4) is 0 Å². The first-order chi connectivity index (χ1) is 13.1. The monoisotopic (exact) mass is 402 g/mol. The maximum Gasteiger partial charge on any atom is 0.490 e. The molecule has 0 unspecified atom stereocenters. The van der Waals surface area contributed by atoms with E-state index >= 15 is 0 Å². The number of alkyl halides is 3. The lowest BCUT2D eigenvalue weighted by Crippen LogP contribution is -2.49. The van der Waals surface area contributed by atoms with E-state index in [-0.39, 0.29) is 5.91 Å². The van der Waals surface area contributed by atoms with Crippen LogP contribution in [0.4, 0.5) is 13.2 Å². The van der Waals surface area contributed by atoms with E-state index in [1.165, 1.54) is 0 Å². The summed E-state index contributed by atoms with van der Waals surface area (Å²) in [5, 5.41) is 11.3. The molecule has 0 bridgehead atoms. The maximum atomic E-state index is 12.5. The molecule has 12 heteroatoms. The largest absolute Gasteiger partial charge is 0.490 e. The van der Waals surface area contributed by atoms with Crippen molar-refractivity contribution in [3.05, 3.63) is 29.7 Å². The van der Waals surface area contributed by atoms with E-state index in [4.69, 9.17) is 15.6 Å². The number of carboxylic acid groups (broad SMARTS) is 1. The Morgan fingerprint density at radius 1 is 1.25 bits per heavy atom. The van der Waals surface area contributed by atoms with E-state index in [0.29, 0.717) is 12.2 Å². The van der Waals surface area contributed by atoms with Gasteiger partial charge in [0.1, 0.15) is 5.69 Å². The minimum Gasteiger partial charge on any atom is -0.475 e. The van der Waals surface area contributed by atoms with Crippen molar-refractivity contribution < 1.29 is 27.9 Å². The normalized spacial score (nSPS) is 15.2. The Labute approximate surface area is 158 Å². The average molecular weight is 402 g/mol.